The molecule has 25 heavy (non-hydrogen) atoms. The van der Waals surface area contributed by atoms with Crippen LogP contribution in [0, 0.1) is 11.8 Å². The molecule has 8 heteroatoms. The molecule has 1 aromatic rings. The number of benzene rings is 1. The zero-order valence-electron chi connectivity index (χ0n) is 14.4. The summed E-state index contributed by atoms with van der Waals surface area (Å²) in [5, 5.41) is 3.34. The van der Waals surface area contributed by atoms with Gasteiger partial charge in [-0.1, -0.05) is 0 Å². The van der Waals surface area contributed by atoms with Gasteiger partial charge >= 0.3 is 0 Å². The number of ether oxygens (including phenoxy) is 1. The number of hydrogen-bond donors (Lipinski definition) is 2. The first-order valence-electron chi connectivity index (χ1n) is 8.70. The van der Waals surface area contributed by atoms with Crippen molar-refractivity contribution in [1.82, 2.24) is 14.9 Å². The highest BCUT2D eigenvalue weighted by molar-refractivity contribution is 7.89. The number of likely N-dealkylation sites (tertiary alicyclic amines) is 1. The Bertz CT molecular complexity index is 693. The minimum Gasteiger partial charge on any atom is -0.494 e. The Morgan fingerprint density at radius 1 is 1.24 bits per heavy atom. The minimum atomic E-state index is -3.61. The first-order valence-corrected chi connectivity index (χ1v) is 10.2. The van der Waals surface area contributed by atoms with Crippen molar-refractivity contribution in [2.45, 2.75) is 18.2 Å². The molecule has 2 saturated heterocycles. The van der Waals surface area contributed by atoms with E-state index in [2.05, 4.69) is 10.0 Å². The van der Waals surface area contributed by atoms with E-state index in [0.29, 0.717) is 24.2 Å². The van der Waals surface area contributed by atoms with Gasteiger partial charge in [-0.05, 0) is 43.0 Å². The predicted molar refractivity (Wildman–Crippen MR) is 93.8 cm³/mol. The number of nitrogens with zero attached hydrogens (tertiary/aromatic N) is 1. The topological polar surface area (TPSA) is 87.7 Å². The van der Waals surface area contributed by atoms with Crippen molar-refractivity contribution in [3.05, 3.63) is 24.3 Å². The number of sulfonamides is 1. The second-order valence-corrected chi connectivity index (χ2v) is 8.30. The summed E-state index contributed by atoms with van der Waals surface area (Å²) in [6, 6.07) is 6.26. The SMILES string of the molecule is CCOc1ccc(S(=O)(=O)NCCC(=O)N2C[C@H]3CNC[C@H]3C2)cc1. The van der Waals surface area contributed by atoms with Crippen LogP contribution in [0.2, 0.25) is 0 Å². The summed E-state index contributed by atoms with van der Waals surface area (Å²) in [6.45, 7) is 6.01. The van der Waals surface area contributed by atoms with Crippen LogP contribution < -0.4 is 14.8 Å². The highest BCUT2D eigenvalue weighted by Crippen LogP contribution is 2.26. The maximum atomic E-state index is 12.3. The zero-order valence-corrected chi connectivity index (χ0v) is 15.2. The van der Waals surface area contributed by atoms with Gasteiger partial charge in [-0.15, -0.1) is 0 Å². The van der Waals surface area contributed by atoms with Gasteiger partial charge in [0.05, 0.1) is 11.5 Å². The lowest BCUT2D eigenvalue weighted by Gasteiger charge is -2.17. The molecule has 0 aliphatic carbocycles. The van der Waals surface area contributed by atoms with Gasteiger partial charge in [0.2, 0.25) is 15.9 Å². The molecule has 0 aromatic heterocycles. The van der Waals surface area contributed by atoms with E-state index >= 15 is 0 Å². The Hall–Kier alpha value is -1.64. The molecule has 0 spiro atoms. The van der Waals surface area contributed by atoms with Crippen molar-refractivity contribution >= 4 is 15.9 Å². The maximum Gasteiger partial charge on any atom is 0.240 e. The summed E-state index contributed by atoms with van der Waals surface area (Å²) < 4.78 is 32.4. The molecule has 2 N–H and O–H groups in total. The first-order chi connectivity index (χ1) is 12.0. The number of carbonyl (C=O) groups excluding carboxylic acids is 1. The molecule has 0 radical (unpaired) electrons. The fraction of sp³-hybridized carbons (Fsp3) is 0.588. The number of nitrogens with one attached hydrogen (secondary N) is 2. The van der Waals surface area contributed by atoms with Crippen molar-refractivity contribution in [3.63, 3.8) is 0 Å². The summed E-state index contributed by atoms with van der Waals surface area (Å²) in [6.07, 6.45) is 0.184. The third kappa shape index (κ3) is 4.31. The van der Waals surface area contributed by atoms with Crippen molar-refractivity contribution < 1.29 is 17.9 Å². The van der Waals surface area contributed by atoms with Gasteiger partial charge < -0.3 is 15.0 Å². The number of rotatable bonds is 7. The lowest BCUT2D eigenvalue weighted by Crippen LogP contribution is -2.35. The molecule has 138 valence electrons. The molecule has 2 atom stereocenters. The summed E-state index contributed by atoms with van der Waals surface area (Å²) >= 11 is 0. The van der Waals surface area contributed by atoms with E-state index in [9.17, 15) is 13.2 Å². The maximum absolute atomic E-state index is 12.3. The molecule has 1 amide bonds. The monoisotopic (exact) mass is 367 g/mol. The normalized spacial score (nSPS) is 22.8. The Kier molecular flexibility index (Phi) is 5.61. The van der Waals surface area contributed by atoms with E-state index in [1.54, 1.807) is 12.1 Å². The van der Waals surface area contributed by atoms with Crippen LogP contribution in [0.5, 0.6) is 5.75 Å². The molecule has 7 nitrogen and oxygen atoms in total. The zero-order chi connectivity index (χ0) is 17.9. The van der Waals surface area contributed by atoms with E-state index in [0.717, 1.165) is 26.2 Å². The molecular weight excluding hydrogens is 342 g/mol. The minimum absolute atomic E-state index is 0.0174. The Labute approximate surface area is 148 Å². The molecule has 1 aromatic carbocycles. The molecule has 0 saturated carbocycles. The lowest BCUT2D eigenvalue weighted by molar-refractivity contribution is -0.130. The van der Waals surface area contributed by atoms with Crippen molar-refractivity contribution in [2.75, 3.05) is 39.3 Å². The van der Waals surface area contributed by atoms with Crippen molar-refractivity contribution in [3.8, 4) is 5.75 Å². The van der Waals surface area contributed by atoms with E-state index in [1.807, 2.05) is 11.8 Å². The van der Waals surface area contributed by atoms with Crippen LogP contribution in [-0.2, 0) is 14.8 Å². The molecule has 2 fully saturated rings. The average molecular weight is 367 g/mol. The Balaban J connectivity index is 1.48. The smallest absolute Gasteiger partial charge is 0.240 e. The van der Waals surface area contributed by atoms with Gasteiger partial charge in [-0.25, -0.2) is 13.1 Å². The standard InChI is InChI=1S/C17H25N3O4S/c1-2-24-15-3-5-16(6-4-15)25(22,23)19-8-7-17(21)20-11-13-9-18-10-14(13)12-20/h3-6,13-14,18-19H,2,7-12H2,1H3/t13-,14+. The second kappa shape index (κ2) is 7.72. The van der Waals surface area contributed by atoms with E-state index < -0.39 is 10.0 Å². The third-order valence-corrected chi connectivity index (χ3v) is 6.30. The Morgan fingerprint density at radius 2 is 1.88 bits per heavy atom. The molecule has 2 aliphatic heterocycles. The van der Waals surface area contributed by atoms with Crippen LogP contribution >= 0.6 is 0 Å². The number of amides is 1. The van der Waals surface area contributed by atoms with Gasteiger partial charge in [-0.3, -0.25) is 4.79 Å². The predicted octanol–water partition coefficient (Wildman–Crippen LogP) is 0.432. The largest absolute Gasteiger partial charge is 0.494 e. The van der Waals surface area contributed by atoms with E-state index in [4.69, 9.17) is 4.74 Å². The van der Waals surface area contributed by atoms with Crippen molar-refractivity contribution in [1.29, 1.82) is 0 Å². The van der Waals surface area contributed by atoms with Crippen LogP contribution in [0.4, 0.5) is 0 Å². The summed E-state index contributed by atoms with van der Waals surface area (Å²) in [5.41, 5.74) is 0. The number of fused-ring (bicyclic) bond motifs is 1. The first kappa shape index (κ1) is 18.2. The van der Waals surface area contributed by atoms with Crippen LogP contribution in [0.15, 0.2) is 29.2 Å². The van der Waals surface area contributed by atoms with Crippen LogP contribution in [0.25, 0.3) is 0 Å². The number of hydrogen-bond acceptors (Lipinski definition) is 5. The van der Waals surface area contributed by atoms with Gasteiger partial charge in [0.15, 0.2) is 0 Å². The summed E-state index contributed by atoms with van der Waals surface area (Å²) in [7, 11) is -3.61. The summed E-state index contributed by atoms with van der Waals surface area (Å²) in [4.78, 5) is 14.3. The highest BCUT2D eigenvalue weighted by Gasteiger charge is 2.37. The Morgan fingerprint density at radius 3 is 2.48 bits per heavy atom. The average Bonchev–Trinajstić information content (AvgIpc) is 3.17. The molecule has 2 heterocycles. The number of carbonyl (C=O) groups is 1. The molecule has 3 rings (SSSR count). The molecule has 0 bridgehead atoms. The third-order valence-electron chi connectivity index (χ3n) is 4.82. The van der Waals surface area contributed by atoms with Crippen LogP contribution in [0.1, 0.15) is 13.3 Å². The second-order valence-electron chi connectivity index (χ2n) is 6.53. The van der Waals surface area contributed by atoms with Gasteiger partial charge in [0.25, 0.3) is 0 Å². The fourth-order valence-corrected chi connectivity index (χ4v) is 4.51. The van der Waals surface area contributed by atoms with Gasteiger partial charge in [-0.2, -0.15) is 0 Å². The van der Waals surface area contributed by atoms with Crippen LogP contribution in [-0.4, -0.2) is 58.6 Å². The lowest BCUT2D eigenvalue weighted by atomic mass is 10.0. The molecule has 2 aliphatic rings. The fourth-order valence-electron chi connectivity index (χ4n) is 3.47. The van der Waals surface area contributed by atoms with Crippen LogP contribution in [0.3, 0.4) is 0 Å². The van der Waals surface area contributed by atoms with E-state index in [1.165, 1.54) is 12.1 Å². The highest BCUT2D eigenvalue weighted by atomic mass is 32.2. The van der Waals surface area contributed by atoms with Gasteiger partial charge in [0.1, 0.15) is 5.75 Å². The molecular formula is C17H25N3O4S. The summed E-state index contributed by atoms with van der Waals surface area (Å²) in [5.74, 6) is 1.74. The van der Waals surface area contributed by atoms with E-state index in [-0.39, 0.29) is 23.8 Å². The quantitative estimate of drug-likeness (QED) is 0.730. The molecule has 0 unspecified atom stereocenters. The van der Waals surface area contributed by atoms with Gasteiger partial charge in [0, 0.05) is 39.1 Å². The van der Waals surface area contributed by atoms with Crippen molar-refractivity contribution in [2.24, 2.45) is 11.8 Å².